The van der Waals surface area contributed by atoms with Gasteiger partial charge in [-0.15, -0.1) is 11.3 Å². The predicted octanol–water partition coefficient (Wildman–Crippen LogP) is 3.00. The van der Waals surface area contributed by atoms with Crippen LogP contribution in [0.5, 0.6) is 0 Å². The third kappa shape index (κ3) is 2.59. The van der Waals surface area contributed by atoms with Crippen LogP contribution < -0.4 is 0 Å². The van der Waals surface area contributed by atoms with Crippen molar-refractivity contribution in [2.24, 2.45) is 0 Å². The summed E-state index contributed by atoms with van der Waals surface area (Å²) in [5.41, 5.74) is 2.17. The molecule has 1 saturated heterocycles. The Morgan fingerprint density at radius 3 is 2.86 bits per heavy atom. The molecule has 22 heavy (non-hydrogen) atoms. The molecule has 1 amide bonds. The average Bonchev–Trinajstić information content (AvgIpc) is 3.25. The smallest absolute Gasteiger partial charge is 0.257 e. The van der Waals surface area contributed by atoms with Gasteiger partial charge in [-0.25, -0.2) is 0 Å². The van der Waals surface area contributed by atoms with E-state index in [1.165, 1.54) is 18.2 Å². The fourth-order valence-corrected chi connectivity index (χ4v) is 4.47. The molecule has 0 aliphatic carbocycles. The molecule has 4 nitrogen and oxygen atoms in total. The number of hydrogen-bond acceptors (Lipinski definition) is 4. The van der Waals surface area contributed by atoms with Gasteiger partial charge in [-0.05, 0) is 42.3 Å². The second kappa shape index (κ2) is 5.89. The molecule has 0 radical (unpaired) electrons. The Morgan fingerprint density at radius 1 is 1.23 bits per heavy atom. The Hall–Kier alpha value is -1.59. The molecule has 4 rings (SSSR count). The van der Waals surface area contributed by atoms with Gasteiger partial charge in [0.25, 0.3) is 5.91 Å². The number of rotatable bonds is 2. The summed E-state index contributed by atoms with van der Waals surface area (Å²) in [6.07, 6.45) is 6.43. The fraction of sp³-hybridized carbons (Fsp3) is 0.471. The third-order valence-electron chi connectivity index (χ3n) is 4.87. The van der Waals surface area contributed by atoms with Gasteiger partial charge in [0.15, 0.2) is 0 Å². The van der Waals surface area contributed by atoms with Crippen LogP contribution in [0.25, 0.3) is 0 Å². The number of likely N-dealkylation sites (tertiary alicyclic amines) is 1. The maximum absolute atomic E-state index is 12.3. The van der Waals surface area contributed by atoms with Gasteiger partial charge in [0.1, 0.15) is 6.26 Å². The number of carbonyl (C=O) groups is 1. The lowest BCUT2D eigenvalue weighted by Gasteiger charge is -2.40. The molecule has 116 valence electrons. The van der Waals surface area contributed by atoms with Gasteiger partial charge in [0.05, 0.1) is 11.8 Å². The van der Waals surface area contributed by atoms with Crippen LogP contribution in [0.1, 0.15) is 33.6 Å². The quantitative estimate of drug-likeness (QED) is 0.854. The minimum absolute atomic E-state index is 0.103. The molecule has 0 unspecified atom stereocenters. The lowest BCUT2D eigenvalue weighted by Crippen LogP contribution is -2.47. The predicted molar refractivity (Wildman–Crippen MR) is 86.1 cm³/mol. The summed E-state index contributed by atoms with van der Waals surface area (Å²) in [6.45, 7) is 3.94. The summed E-state index contributed by atoms with van der Waals surface area (Å²) >= 11 is 1.89. The van der Waals surface area contributed by atoms with Crippen molar-refractivity contribution in [1.82, 2.24) is 9.80 Å². The zero-order valence-corrected chi connectivity index (χ0v) is 13.3. The van der Waals surface area contributed by atoms with Crippen LogP contribution in [0.15, 0.2) is 34.5 Å². The number of thiophene rings is 1. The topological polar surface area (TPSA) is 36.7 Å². The number of furan rings is 1. The first kappa shape index (κ1) is 14.0. The minimum Gasteiger partial charge on any atom is -0.472 e. The average molecular weight is 316 g/mol. The van der Waals surface area contributed by atoms with E-state index in [-0.39, 0.29) is 5.91 Å². The zero-order chi connectivity index (χ0) is 14.9. The van der Waals surface area contributed by atoms with Crippen molar-refractivity contribution in [1.29, 1.82) is 0 Å². The normalized spacial score (nSPS) is 20.1. The molecule has 1 fully saturated rings. The van der Waals surface area contributed by atoms with Crippen LogP contribution in [0, 0.1) is 0 Å². The first-order valence-electron chi connectivity index (χ1n) is 7.92. The zero-order valence-electron chi connectivity index (χ0n) is 12.5. The molecular formula is C17H20N2O2S. The standard InChI is InChI=1S/C17H20N2O2S/c20-17(14-4-9-21-12-14)18-6-1-15(2-7-18)19-8-3-16-13(11-19)5-10-22-16/h4-5,9-10,12,15H,1-3,6-8,11H2. The van der Waals surface area contributed by atoms with Gasteiger partial charge < -0.3 is 9.32 Å². The van der Waals surface area contributed by atoms with Crippen molar-refractivity contribution in [3.63, 3.8) is 0 Å². The Labute approximate surface area is 134 Å². The van der Waals surface area contributed by atoms with E-state index >= 15 is 0 Å². The van der Waals surface area contributed by atoms with Crippen molar-refractivity contribution in [3.8, 4) is 0 Å². The molecule has 2 aliphatic rings. The van der Waals surface area contributed by atoms with Gasteiger partial charge in [0.2, 0.25) is 0 Å². The third-order valence-corrected chi connectivity index (χ3v) is 5.90. The van der Waals surface area contributed by atoms with E-state index in [1.54, 1.807) is 17.2 Å². The SMILES string of the molecule is O=C(c1ccoc1)N1CCC(N2CCc3sccc3C2)CC1. The molecule has 2 aromatic rings. The molecule has 4 heterocycles. The minimum atomic E-state index is 0.103. The molecule has 0 spiro atoms. The summed E-state index contributed by atoms with van der Waals surface area (Å²) in [5.74, 6) is 0.103. The number of piperidine rings is 1. The van der Waals surface area contributed by atoms with Crippen molar-refractivity contribution in [2.75, 3.05) is 19.6 Å². The Kier molecular flexibility index (Phi) is 3.76. The fourth-order valence-electron chi connectivity index (χ4n) is 3.58. The Balaban J connectivity index is 1.35. The van der Waals surface area contributed by atoms with Gasteiger partial charge in [0, 0.05) is 37.1 Å². The summed E-state index contributed by atoms with van der Waals surface area (Å²) in [6, 6.07) is 4.63. The summed E-state index contributed by atoms with van der Waals surface area (Å²) in [4.78, 5) is 18.5. The number of hydrogen-bond donors (Lipinski definition) is 0. The summed E-state index contributed by atoms with van der Waals surface area (Å²) in [5, 5.41) is 2.21. The van der Waals surface area contributed by atoms with Crippen LogP contribution in [-0.2, 0) is 13.0 Å². The van der Waals surface area contributed by atoms with E-state index in [4.69, 9.17) is 4.42 Å². The van der Waals surface area contributed by atoms with Crippen LogP contribution >= 0.6 is 11.3 Å². The van der Waals surface area contributed by atoms with Crippen molar-refractivity contribution in [2.45, 2.75) is 31.8 Å². The van der Waals surface area contributed by atoms with E-state index < -0.39 is 0 Å². The lowest BCUT2D eigenvalue weighted by atomic mass is 9.99. The van der Waals surface area contributed by atoms with E-state index in [0.717, 1.165) is 39.0 Å². The molecule has 5 heteroatoms. The van der Waals surface area contributed by atoms with Crippen LogP contribution in [0.2, 0.25) is 0 Å². The van der Waals surface area contributed by atoms with Gasteiger partial charge in [-0.1, -0.05) is 0 Å². The van der Waals surface area contributed by atoms with Crippen molar-refractivity contribution in [3.05, 3.63) is 46.0 Å². The first-order chi connectivity index (χ1) is 10.8. The maximum atomic E-state index is 12.3. The number of fused-ring (bicyclic) bond motifs is 1. The second-order valence-electron chi connectivity index (χ2n) is 6.12. The highest BCUT2D eigenvalue weighted by Crippen LogP contribution is 2.28. The Bertz CT molecular complexity index is 641. The largest absolute Gasteiger partial charge is 0.472 e. The number of carbonyl (C=O) groups excluding carboxylic acids is 1. The van der Waals surface area contributed by atoms with E-state index in [0.29, 0.717) is 11.6 Å². The van der Waals surface area contributed by atoms with E-state index in [9.17, 15) is 4.79 Å². The molecular weight excluding hydrogens is 296 g/mol. The summed E-state index contributed by atoms with van der Waals surface area (Å²) in [7, 11) is 0. The highest BCUT2D eigenvalue weighted by atomic mass is 32.1. The number of nitrogens with zero attached hydrogens (tertiary/aromatic N) is 2. The molecule has 2 aromatic heterocycles. The lowest BCUT2D eigenvalue weighted by molar-refractivity contribution is 0.0600. The van der Waals surface area contributed by atoms with Gasteiger partial charge in [-0.3, -0.25) is 9.69 Å². The molecule has 0 atom stereocenters. The van der Waals surface area contributed by atoms with Gasteiger partial charge >= 0.3 is 0 Å². The highest BCUT2D eigenvalue weighted by Gasteiger charge is 2.29. The number of amides is 1. The van der Waals surface area contributed by atoms with Crippen LogP contribution in [-0.4, -0.2) is 41.4 Å². The van der Waals surface area contributed by atoms with Gasteiger partial charge in [-0.2, -0.15) is 0 Å². The van der Waals surface area contributed by atoms with Crippen molar-refractivity contribution >= 4 is 17.2 Å². The van der Waals surface area contributed by atoms with Crippen LogP contribution in [0.4, 0.5) is 0 Å². The molecule has 0 N–H and O–H groups in total. The van der Waals surface area contributed by atoms with E-state index in [1.807, 2.05) is 16.2 Å². The maximum Gasteiger partial charge on any atom is 0.257 e. The van der Waals surface area contributed by atoms with E-state index in [2.05, 4.69) is 16.3 Å². The molecule has 0 saturated carbocycles. The van der Waals surface area contributed by atoms with Crippen molar-refractivity contribution < 1.29 is 9.21 Å². The first-order valence-corrected chi connectivity index (χ1v) is 8.80. The Morgan fingerprint density at radius 2 is 2.09 bits per heavy atom. The molecule has 2 aliphatic heterocycles. The highest BCUT2D eigenvalue weighted by molar-refractivity contribution is 7.10. The molecule has 0 aromatic carbocycles. The monoisotopic (exact) mass is 316 g/mol. The second-order valence-corrected chi connectivity index (χ2v) is 7.13. The van der Waals surface area contributed by atoms with Crippen LogP contribution in [0.3, 0.4) is 0 Å². The molecule has 0 bridgehead atoms. The summed E-state index contributed by atoms with van der Waals surface area (Å²) < 4.78 is 5.01.